The fraction of sp³-hybridized carbons (Fsp3) is 0.300. The molecule has 17 heavy (non-hydrogen) atoms. The van der Waals surface area contributed by atoms with Crippen molar-refractivity contribution in [3.05, 3.63) is 33.6 Å². The summed E-state index contributed by atoms with van der Waals surface area (Å²) in [7, 11) is 0. The molecule has 1 amide bonds. The molecular weight excluding hydrogens is 289 g/mol. The molecule has 0 aliphatic heterocycles. The van der Waals surface area contributed by atoms with Gasteiger partial charge in [-0.3, -0.25) is 4.79 Å². The van der Waals surface area contributed by atoms with Gasteiger partial charge < -0.3 is 11.1 Å². The fourth-order valence-electron chi connectivity index (χ4n) is 1.25. The minimum Gasteiger partial charge on any atom is -0.348 e. The van der Waals surface area contributed by atoms with Crippen LogP contribution in [0.4, 0.5) is 4.39 Å². The van der Waals surface area contributed by atoms with Crippen LogP contribution in [0.5, 0.6) is 0 Å². The Labute approximate surface area is 115 Å². The van der Waals surface area contributed by atoms with Crippen LogP contribution in [-0.4, -0.2) is 12.5 Å². The Balaban J connectivity index is 0.00000256. The molecule has 1 unspecified atom stereocenters. The van der Waals surface area contributed by atoms with Crippen LogP contribution in [0.1, 0.15) is 18.5 Å². The fourth-order valence-corrected chi connectivity index (χ4v) is 1.79. The average molecular weight is 302 g/mol. The van der Waals surface area contributed by atoms with Gasteiger partial charge in [-0.05, 0) is 24.6 Å². The number of nitrogens with two attached hydrogens (primary N) is 1. The van der Waals surface area contributed by atoms with Gasteiger partial charge in [-0.2, -0.15) is 0 Å². The molecule has 7 heteroatoms. The van der Waals surface area contributed by atoms with Gasteiger partial charge in [0.15, 0.2) is 0 Å². The summed E-state index contributed by atoms with van der Waals surface area (Å²) in [5.74, 6) is -0.908. The van der Waals surface area contributed by atoms with Crippen LogP contribution < -0.4 is 11.1 Å². The molecule has 0 aliphatic rings. The SMILES string of the molecule is CC(NC(=O)CN)c1cc(F)c(Cl)cc1Cl.Cl. The van der Waals surface area contributed by atoms with E-state index in [-0.39, 0.29) is 29.9 Å². The van der Waals surface area contributed by atoms with Crippen molar-refractivity contribution in [1.82, 2.24) is 5.32 Å². The van der Waals surface area contributed by atoms with E-state index >= 15 is 0 Å². The second-order valence-electron chi connectivity index (χ2n) is 3.28. The number of amides is 1. The van der Waals surface area contributed by atoms with Crippen molar-refractivity contribution in [2.75, 3.05) is 6.54 Å². The monoisotopic (exact) mass is 300 g/mol. The third-order valence-corrected chi connectivity index (χ3v) is 2.69. The summed E-state index contributed by atoms with van der Waals surface area (Å²) in [5, 5.41) is 2.83. The number of hydrogen-bond donors (Lipinski definition) is 2. The lowest BCUT2D eigenvalue weighted by Gasteiger charge is -2.15. The highest BCUT2D eigenvalue weighted by Gasteiger charge is 2.14. The largest absolute Gasteiger partial charge is 0.348 e. The van der Waals surface area contributed by atoms with Crippen molar-refractivity contribution in [1.29, 1.82) is 0 Å². The Morgan fingerprint density at radius 1 is 1.47 bits per heavy atom. The lowest BCUT2D eigenvalue weighted by atomic mass is 10.1. The van der Waals surface area contributed by atoms with Gasteiger partial charge in [0.25, 0.3) is 0 Å². The van der Waals surface area contributed by atoms with Crippen molar-refractivity contribution < 1.29 is 9.18 Å². The first-order valence-corrected chi connectivity index (χ1v) is 5.35. The van der Waals surface area contributed by atoms with E-state index in [0.717, 1.165) is 0 Å². The normalized spacial score (nSPS) is 11.6. The Hall–Kier alpha value is -0.550. The van der Waals surface area contributed by atoms with Gasteiger partial charge in [-0.15, -0.1) is 12.4 Å². The number of carbonyl (C=O) groups is 1. The van der Waals surface area contributed by atoms with Gasteiger partial charge >= 0.3 is 0 Å². The number of nitrogens with one attached hydrogen (secondary N) is 1. The molecule has 0 fully saturated rings. The molecule has 0 aliphatic carbocycles. The summed E-state index contributed by atoms with van der Waals surface area (Å²) < 4.78 is 13.2. The van der Waals surface area contributed by atoms with Gasteiger partial charge in [0, 0.05) is 5.02 Å². The summed E-state index contributed by atoms with van der Waals surface area (Å²) in [6.07, 6.45) is 0. The van der Waals surface area contributed by atoms with Gasteiger partial charge in [-0.1, -0.05) is 23.2 Å². The van der Waals surface area contributed by atoms with Crippen molar-refractivity contribution in [2.24, 2.45) is 5.73 Å². The van der Waals surface area contributed by atoms with E-state index in [2.05, 4.69) is 5.32 Å². The average Bonchev–Trinajstić information content (AvgIpc) is 2.23. The summed E-state index contributed by atoms with van der Waals surface area (Å²) in [5.41, 5.74) is 5.61. The number of rotatable bonds is 3. The molecule has 0 saturated carbocycles. The predicted molar refractivity (Wildman–Crippen MR) is 69.3 cm³/mol. The van der Waals surface area contributed by atoms with E-state index in [1.54, 1.807) is 6.92 Å². The van der Waals surface area contributed by atoms with Crippen molar-refractivity contribution in [2.45, 2.75) is 13.0 Å². The highest BCUT2D eigenvalue weighted by molar-refractivity contribution is 6.35. The quantitative estimate of drug-likeness (QED) is 0.843. The van der Waals surface area contributed by atoms with E-state index in [0.29, 0.717) is 10.6 Å². The van der Waals surface area contributed by atoms with Gasteiger partial charge in [0.1, 0.15) is 5.82 Å². The van der Waals surface area contributed by atoms with Crippen LogP contribution >= 0.6 is 35.6 Å². The number of hydrogen-bond acceptors (Lipinski definition) is 2. The zero-order valence-electron chi connectivity index (χ0n) is 8.97. The number of benzene rings is 1. The van der Waals surface area contributed by atoms with Crippen LogP contribution in [0.2, 0.25) is 10.0 Å². The first-order valence-electron chi connectivity index (χ1n) is 4.59. The molecule has 0 heterocycles. The van der Waals surface area contributed by atoms with Gasteiger partial charge in [-0.25, -0.2) is 4.39 Å². The van der Waals surface area contributed by atoms with Crippen LogP contribution in [0.25, 0.3) is 0 Å². The molecule has 1 aromatic rings. The smallest absolute Gasteiger partial charge is 0.234 e. The second-order valence-corrected chi connectivity index (χ2v) is 4.10. The zero-order valence-corrected chi connectivity index (χ0v) is 11.3. The molecule has 1 rings (SSSR count). The first kappa shape index (κ1) is 16.4. The molecule has 1 atom stereocenters. The highest BCUT2D eigenvalue weighted by Crippen LogP contribution is 2.28. The summed E-state index contributed by atoms with van der Waals surface area (Å²) in [6.45, 7) is 1.56. The molecule has 3 nitrogen and oxygen atoms in total. The summed E-state index contributed by atoms with van der Waals surface area (Å²) in [6, 6.07) is 2.08. The summed E-state index contributed by atoms with van der Waals surface area (Å²) >= 11 is 11.4. The molecular formula is C10H12Cl3FN2O. The topological polar surface area (TPSA) is 55.1 Å². The Kier molecular flexibility index (Phi) is 6.78. The van der Waals surface area contributed by atoms with Crippen LogP contribution in [0, 0.1) is 5.82 Å². The maximum Gasteiger partial charge on any atom is 0.234 e. The van der Waals surface area contributed by atoms with Crippen LogP contribution in [0.3, 0.4) is 0 Å². The molecule has 96 valence electrons. The lowest BCUT2D eigenvalue weighted by molar-refractivity contribution is -0.120. The zero-order chi connectivity index (χ0) is 12.3. The molecule has 0 radical (unpaired) electrons. The minimum atomic E-state index is -0.574. The maximum atomic E-state index is 13.2. The number of halogens is 4. The van der Waals surface area contributed by atoms with Crippen molar-refractivity contribution >= 4 is 41.5 Å². The Morgan fingerprint density at radius 3 is 2.59 bits per heavy atom. The third-order valence-electron chi connectivity index (χ3n) is 2.07. The molecule has 0 spiro atoms. The molecule has 1 aromatic carbocycles. The highest BCUT2D eigenvalue weighted by atomic mass is 35.5. The minimum absolute atomic E-state index is 0. The van der Waals surface area contributed by atoms with Gasteiger partial charge in [0.05, 0.1) is 17.6 Å². The predicted octanol–water partition coefficient (Wildman–Crippen LogP) is 2.69. The molecule has 0 saturated heterocycles. The standard InChI is InChI=1S/C10H11Cl2FN2O.ClH/c1-5(15-10(16)4-14)6-2-9(13)8(12)3-7(6)11;/h2-3,5H,4,14H2,1H3,(H,15,16);1H. The molecule has 0 bridgehead atoms. The molecule has 0 aromatic heterocycles. The van der Waals surface area contributed by atoms with E-state index < -0.39 is 11.9 Å². The maximum absolute atomic E-state index is 13.2. The Bertz CT molecular complexity index is 415. The van der Waals surface area contributed by atoms with E-state index in [1.165, 1.54) is 12.1 Å². The lowest BCUT2D eigenvalue weighted by Crippen LogP contribution is -2.32. The van der Waals surface area contributed by atoms with E-state index in [9.17, 15) is 9.18 Å². The first-order chi connectivity index (χ1) is 7.45. The number of carbonyl (C=O) groups excluding carboxylic acids is 1. The van der Waals surface area contributed by atoms with Gasteiger partial charge in [0.2, 0.25) is 5.91 Å². The van der Waals surface area contributed by atoms with E-state index in [1.807, 2.05) is 0 Å². The van der Waals surface area contributed by atoms with Crippen molar-refractivity contribution in [3.63, 3.8) is 0 Å². The Morgan fingerprint density at radius 2 is 2.06 bits per heavy atom. The van der Waals surface area contributed by atoms with Crippen LogP contribution in [-0.2, 0) is 4.79 Å². The van der Waals surface area contributed by atoms with E-state index in [4.69, 9.17) is 28.9 Å². The molecule has 3 N–H and O–H groups in total. The van der Waals surface area contributed by atoms with Crippen molar-refractivity contribution in [3.8, 4) is 0 Å². The third kappa shape index (κ3) is 4.32. The summed E-state index contributed by atoms with van der Waals surface area (Å²) in [4.78, 5) is 11.1. The second kappa shape index (κ2) is 7.01. The van der Waals surface area contributed by atoms with Crippen LogP contribution in [0.15, 0.2) is 12.1 Å².